The standard InChI is InChI=1S/C25H30N4O4S2/c1-17-6-9-29(10-7-17)11-13-32-20-4-2-18(3-5-20)23-16-34-25(28-23)27-22-15-21(35(26,30)31)14-19-8-12-33-24(19)22/h2-5,14-17H,6-13H2,1H3,(H,27,28)(H2,26,30,31). The summed E-state index contributed by atoms with van der Waals surface area (Å²) in [4.78, 5) is 7.21. The molecule has 8 nitrogen and oxygen atoms in total. The van der Waals surface area contributed by atoms with Gasteiger partial charge in [-0.2, -0.15) is 0 Å². The van der Waals surface area contributed by atoms with Crippen LogP contribution in [0.2, 0.25) is 0 Å². The second-order valence-corrected chi connectivity index (χ2v) is 11.6. The highest BCUT2D eigenvalue weighted by atomic mass is 32.2. The first kappa shape index (κ1) is 24.1. The summed E-state index contributed by atoms with van der Waals surface area (Å²) >= 11 is 1.44. The normalized spacial score (nSPS) is 16.6. The van der Waals surface area contributed by atoms with E-state index in [0.29, 0.717) is 36.2 Å². The summed E-state index contributed by atoms with van der Waals surface area (Å²) in [6, 6.07) is 11.0. The van der Waals surface area contributed by atoms with E-state index >= 15 is 0 Å². The molecule has 3 heterocycles. The van der Waals surface area contributed by atoms with Gasteiger partial charge in [-0.3, -0.25) is 4.90 Å². The molecular formula is C25H30N4O4S2. The Labute approximate surface area is 210 Å². The lowest BCUT2D eigenvalue weighted by atomic mass is 9.99. The molecule has 0 aliphatic carbocycles. The third-order valence-corrected chi connectivity index (χ3v) is 8.18. The number of aromatic nitrogens is 1. The smallest absolute Gasteiger partial charge is 0.238 e. The van der Waals surface area contributed by atoms with Crippen LogP contribution in [-0.4, -0.2) is 51.1 Å². The fourth-order valence-electron chi connectivity index (χ4n) is 4.42. The minimum atomic E-state index is -3.82. The van der Waals surface area contributed by atoms with E-state index in [0.717, 1.165) is 48.1 Å². The van der Waals surface area contributed by atoms with Crippen LogP contribution >= 0.6 is 11.3 Å². The molecule has 1 fully saturated rings. The summed E-state index contributed by atoms with van der Waals surface area (Å²) in [5.41, 5.74) is 3.18. The van der Waals surface area contributed by atoms with Gasteiger partial charge in [0.25, 0.3) is 0 Å². The first-order valence-corrected chi connectivity index (χ1v) is 14.3. The zero-order valence-corrected chi connectivity index (χ0v) is 21.3. The van der Waals surface area contributed by atoms with Crippen LogP contribution in [0.3, 0.4) is 0 Å². The first-order valence-electron chi connectivity index (χ1n) is 11.9. The van der Waals surface area contributed by atoms with E-state index in [1.807, 2.05) is 29.6 Å². The minimum Gasteiger partial charge on any atom is -0.492 e. The summed E-state index contributed by atoms with van der Waals surface area (Å²) < 4.78 is 35.4. The van der Waals surface area contributed by atoms with Crippen molar-refractivity contribution in [3.05, 3.63) is 47.3 Å². The Morgan fingerprint density at radius 2 is 2.00 bits per heavy atom. The number of hydrogen-bond acceptors (Lipinski definition) is 8. The van der Waals surface area contributed by atoms with Crippen molar-refractivity contribution in [3.8, 4) is 22.8 Å². The van der Waals surface area contributed by atoms with Crippen molar-refractivity contribution in [3.63, 3.8) is 0 Å². The van der Waals surface area contributed by atoms with Crippen LogP contribution in [0.1, 0.15) is 25.3 Å². The van der Waals surface area contributed by atoms with Crippen LogP contribution in [0, 0.1) is 5.92 Å². The number of ether oxygens (including phenoxy) is 2. The molecule has 0 amide bonds. The molecule has 2 aliphatic heterocycles. The molecule has 0 unspecified atom stereocenters. The van der Waals surface area contributed by atoms with Crippen molar-refractivity contribution in [2.45, 2.75) is 31.1 Å². The van der Waals surface area contributed by atoms with E-state index in [2.05, 4.69) is 22.1 Å². The summed E-state index contributed by atoms with van der Waals surface area (Å²) in [5, 5.41) is 11.2. The molecule has 3 aromatic rings. The molecule has 1 aromatic heterocycles. The third-order valence-electron chi connectivity index (χ3n) is 6.53. The number of hydrogen-bond donors (Lipinski definition) is 2. The molecular weight excluding hydrogens is 484 g/mol. The summed E-state index contributed by atoms with van der Waals surface area (Å²) in [6.07, 6.45) is 3.18. The Morgan fingerprint density at radius 3 is 2.74 bits per heavy atom. The van der Waals surface area contributed by atoms with Gasteiger partial charge in [-0.25, -0.2) is 18.5 Å². The van der Waals surface area contributed by atoms with Crippen LogP contribution in [0.25, 0.3) is 11.3 Å². The molecule has 0 saturated carbocycles. The maximum absolute atomic E-state index is 11.9. The van der Waals surface area contributed by atoms with Crippen molar-refractivity contribution in [2.24, 2.45) is 11.1 Å². The number of thiazole rings is 1. The number of nitrogens with one attached hydrogen (secondary N) is 1. The van der Waals surface area contributed by atoms with Gasteiger partial charge in [-0.1, -0.05) is 6.92 Å². The highest BCUT2D eigenvalue weighted by Gasteiger charge is 2.22. The van der Waals surface area contributed by atoms with Gasteiger partial charge in [0.15, 0.2) is 5.13 Å². The number of sulfonamides is 1. The molecule has 2 aromatic carbocycles. The Hall–Kier alpha value is -2.66. The molecule has 35 heavy (non-hydrogen) atoms. The number of benzene rings is 2. The molecule has 0 radical (unpaired) electrons. The van der Waals surface area contributed by atoms with Crippen LogP contribution < -0.4 is 19.9 Å². The van der Waals surface area contributed by atoms with Crippen molar-refractivity contribution >= 4 is 32.2 Å². The lowest BCUT2D eigenvalue weighted by molar-refractivity contribution is 0.160. The van der Waals surface area contributed by atoms with E-state index in [1.54, 1.807) is 6.07 Å². The number of likely N-dealkylation sites (tertiary alicyclic amines) is 1. The van der Waals surface area contributed by atoms with Gasteiger partial charge in [0.2, 0.25) is 10.0 Å². The molecule has 2 aliphatic rings. The topological polar surface area (TPSA) is 107 Å². The van der Waals surface area contributed by atoms with Gasteiger partial charge in [0, 0.05) is 29.5 Å². The number of fused-ring (bicyclic) bond motifs is 1. The lowest BCUT2D eigenvalue weighted by Crippen LogP contribution is -2.35. The highest BCUT2D eigenvalue weighted by Crippen LogP contribution is 2.39. The molecule has 186 valence electrons. The number of nitrogens with two attached hydrogens (primary N) is 1. The molecule has 3 N–H and O–H groups in total. The van der Waals surface area contributed by atoms with E-state index in [4.69, 9.17) is 14.6 Å². The van der Waals surface area contributed by atoms with Crippen LogP contribution in [0.15, 0.2) is 46.7 Å². The first-order chi connectivity index (χ1) is 16.8. The van der Waals surface area contributed by atoms with E-state index in [-0.39, 0.29) is 4.90 Å². The molecule has 10 heteroatoms. The maximum atomic E-state index is 11.9. The van der Waals surface area contributed by atoms with Gasteiger partial charge >= 0.3 is 0 Å². The van der Waals surface area contributed by atoms with Crippen molar-refractivity contribution in [1.82, 2.24) is 9.88 Å². The number of primary sulfonamides is 1. The molecule has 5 rings (SSSR count). The van der Waals surface area contributed by atoms with Gasteiger partial charge in [-0.05, 0) is 68.2 Å². The number of piperidine rings is 1. The third kappa shape index (κ3) is 5.78. The highest BCUT2D eigenvalue weighted by molar-refractivity contribution is 7.89. The van der Waals surface area contributed by atoms with E-state index < -0.39 is 10.0 Å². The monoisotopic (exact) mass is 514 g/mol. The van der Waals surface area contributed by atoms with Crippen LogP contribution in [0.5, 0.6) is 11.5 Å². The summed E-state index contributed by atoms with van der Waals surface area (Å²) in [7, 11) is -3.82. The Kier molecular flexibility index (Phi) is 6.97. The number of rotatable bonds is 8. The number of nitrogens with zero attached hydrogens (tertiary/aromatic N) is 2. The Bertz CT molecular complexity index is 1280. The van der Waals surface area contributed by atoms with Gasteiger partial charge < -0.3 is 14.8 Å². The van der Waals surface area contributed by atoms with Crippen molar-refractivity contribution in [1.29, 1.82) is 0 Å². The van der Waals surface area contributed by atoms with Gasteiger partial charge in [0.05, 0.1) is 22.9 Å². The largest absolute Gasteiger partial charge is 0.492 e. The van der Waals surface area contributed by atoms with Crippen molar-refractivity contribution < 1.29 is 17.9 Å². The van der Waals surface area contributed by atoms with E-state index in [9.17, 15) is 8.42 Å². The molecule has 0 spiro atoms. The lowest BCUT2D eigenvalue weighted by Gasteiger charge is -2.29. The van der Waals surface area contributed by atoms with E-state index in [1.165, 1.54) is 30.2 Å². The zero-order valence-electron chi connectivity index (χ0n) is 19.7. The van der Waals surface area contributed by atoms with Gasteiger partial charge in [0.1, 0.15) is 18.1 Å². The quantitative estimate of drug-likeness (QED) is 0.463. The average Bonchev–Trinajstić information content (AvgIpc) is 3.50. The summed E-state index contributed by atoms with van der Waals surface area (Å²) in [5.74, 6) is 2.33. The minimum absolute atomic E-state index is 0.0615. The predicted molar refractivity (Wildman–Crippen MR) is 138 cm³/mol. The fourth-order valence-corrected chi connectivity index (χ4v) is 5.74. The summed E-state index contributed by atoms with van der Waals surface area (Å²) in [6.45, 7) is 6.78. The van der Waals surface area contributed by atoms with Crippen LogP contribution in [0.4, 0.5) is 10.8 Å². The second-order valence-electron chi connectivity index (χ2n) is 9.16. The zero-order chi connectivity index (χ0) is 24.4. The molecule has 1 saturated heterocycles. The Morgan fingerprint density at radius 1 is 1.23 bits per heavy atom. The van der Waals surface area contributed by atoms with Gasteiger partial charge in [-0.15, -0.1) is 11.3 Å². The number of anilines is 2. The predicted octanol–water partition coefficient (Wildman–Crippen LogP) is 4.25. The average molecular weight is 515 g/mol. The van der Waals surface area contributed by atoms with Crippen LogP contribution in [-0.2, 0) is 16.4 Å². The molecule has 0 atom stereocenters. The van der Waals surface area contributed by atoms with Crippen molar-refractivity contribution in [2.75, 3.05) is 38.2 Å². The Balaban J connectivity index is 1.22. The maximum Gasteiger partial charge on any atom is 0.238 e. The SMILES string of the molecule is CC1CCN(CCOc2ccc(-c3csc(Nc4cc(S(N)(=O)=O)cc5c4OCC5)n3)cc2)CC1. The fraction of sp³-hybridized carbons (Fsp3) is 0.400. The molecule has 0 bridgehead atoms. The second kappa shape index (κ2) is 10.1.